The van der Waals surface area contributed by atoms with Crippen molar-refractivity contribution < 1.29 is 16.8 Å². The summed E-state index contributed by atoms with van der Waals surface area (Å²) in [5.74, 6) is 0. The molecule has 0 aliphatic heterocycles. The highest BCUT2D eigenvalue weighted by molar-refractivity contribution is 9.10. The van der Waals surface area contributed by atoms with E-state index >= 15 is 0 Å². The van der Waals surface area contributed by atoms with Crippen molar-refractivity contribution in [2.24, 2.45) is 0 Å². The van der Waals surface area contributed by atoms with E-state index in [9.17, 15) is 16.8 Å². The molecule has 0 radical (unpaired) electrons. The maximum atomic E-state index is 12.1. The molecule has 1 N–H and O–H groups in total. The number of nitrogens with zero attached hydrogens (tertiary/aromatic N) is 1. The van der Waals surface area contributed by atoms with E-state index in [2.05, 4.69) is 20.7 Å². The zero-order valence-corrected chi connectivity index (χ0v) is 15.3. The number of hydrogen-bond acceptors (Lipinski definition) is 4. The van der Waals surface area contributed by atoms with E-state index in [1.54, 1.807) is 26.0 Å². The van der Waals surface area contributed by atoms with Gasteiger partial charge in [0.15, 0.2) is 0 Å². The second-order valence-electron chi connectivity index (χ2n) is 4.82. The summed E-state index contributed by atoms with van der Waals surface area (Å²) in [5.41, 5.74) is 0. The predicted octanol–water partition coefficient (Wildman–Crippen LogP) is 1.40. The molecule has 0 amide bonds. The minimum absolute atomic E-state index is 0.0175. The Bertz CT molecular complexity index is 670. The first-order valence-corrected chi connectivity index (χ1v) is 10.4. The Labute approximate surface area is 134 Å². The van der Waals surface area contributed by atoms with E-state index < -0.39 is 20.0 Å². The van der Waals surface area contributed by atoms with Crippen LogP contribution in [0.4, 0.5) is 0 Å². The van der Waals surface area contributed by atoms with Gasteiger partial charge in [-0.1, -0.05) is 15.9 Å². The van der Waals surface area contributed by atoms with Crippen molar-refractivity contribution in [3.8, 4) is 0 Å². The molecule has 0 bridgehead atoms. The largest absolute Gasteiger partial charge is 0.240 e. The molecule has 1 aromatic rings. The molecular weight excluding hydrogens is 380 g/mol. The quantitative estimate of drug-likeness (QED) is 0.751. The lowest BCUT2D eigenvalue weighted by molar-refractivity contribution is 0.360. The van der Waals surface area contributed by atoms with Gasteiger partial charge in [-0.05, 0) is 38.1 Å². The van der Waals surface area contributed by atoms with Crippen molar-refractivity contribution in [2.75, 3.05) is 19.3 Å². The molecule has 21 heavy (non-hydrogen) atoms. The van der Waals surface area contributed by atoms with E-state index in [0.29, 0.717) is 0 Å². The van der Waals surface area contributed by atoms with Crippen molar-refractivity contribution in [1.82, 2.24) is 9.03 Å². The van der Waals surface area contributed by atoms with E-state index in [0.717, 1.165) is 10.7 Å². The summed E-state index contributed by atoms with van der Waals surface area (Å²) < 4.78 is 51.7. The molecule has 9 heteroatoms. The highest BCUT2D eigenvalue weighted by Crippen LogP contribution is 2.14. The smallest absolute Gasteiger partial charge is 0.212 e. The van der Waals surface area contributed by atoms with Crippen molar-refractivity contribution >= 4 is 36.0 Å². The van der Waals surface area contributed by atoms with Crippen molar-refractivity contribution in [1.29, 1.82) is 0 Å². The molecule has 0 aromatic heterocycles. The molecule has 0 spiro atoms. The monoisotopic (exact) mass is 398 g/mol. The molecule has 0 saturated heterocycles. The molecule has 0 fully saturated rings. The molecule has 0 unspecified atom stereocenters. The van der Waals surface area contributed by atoms with Crippen LogP contribution >= 0.6 is 15.9 Å². The molecule has 0 atom stereocenters. The number of rotatable bonds is 7. The lowest BCUT2D eigenvalue weighted by Crippen LogP contribution is -2.41. The van der Waals surface area contributed by atoms with Gasteiger partial charge in [0.2, 0.25) is 20.0 Å². The second kappa shape index (κ2) is 7.19. The summed E-state index contributed by atoms with van der Waals surface area (Å²) >= 11 is 3.23. The predicted molar refractivity (Wildman–Crippen MR) is 86.0 cm³/mol. The van der Waals surface area contributed by atoms with Gasteiger partial charge in [-0.15, -0.1) is 0 Å². The average molecular weight is 399 g/mol. The van der Waals surface area contributed by atoms with Crippen LogP contribution < -0.4 is 4.72 Å². The summed E-state index contributed by atoms with van der Waals surface area (Å²) in [7, 11) is -7.00. The molecule has 6 nitrogen and oxygen atoms in total. The van der Waals surface area contributed by atoms with E-state index in [4.69, 9.17) is 0 Å². The van der Waals surface area contributed by atoms with Crippen molar-refractivity contribution in [3.63, 3.8) is 0 Å². The first kappa shape index (κ1) is 18.6. The zero-order valence-electron chi connectivity index (χ0n) is 12.1. The number of sulfonamides is 2. The minimum Gasteiger partial charge on any atom is -0.212 e. The molecule has 0 heterocycles. The van der Waals surface area contributed by atoms with E-state index in [-0.39, 0.29) is 24.0 Å². The molecular formula is C12H19BrN2O4S2. The van der Waals surface area contributed by atoms with Crippen LogP contribution in [-0.4, -0.2) is 46.5 Å². The van der Waals surface area contributed by atoms with Crippen LogP contribution in [0.15, 0.2) is 33.6 Å². The Morgan fingerprint density at radius 3 is 2.10 bits per heavy atom. The van der Waals surface area contributed by atoms with E-state index in [1.807, 2.05) is 0 Å². The normalized spacial score (nSPS) is 13.0. The van der Waals surface area contributed by atoms with Gasteiger partial charge in [-0.25, -0.2) is 21.6 Å². The zero-order chi connectivity index (χ0) is 16.3. The summed E-state index contributed by atoms with van der Waals surface area (Å²) in [6, 6.07) is 5.99. The van der Waals surface area contributed by atoms with Gasteiger partial charge in [0.1, 0.15) is 0 Å². The van der Waals surface area contributed by atoms with E-state index in [1.165, 1.54) is 16.4 Å². The molecule has 0 saturated carbocycles. The van der Waals surface area contributed by atoms with Gasteiger partial charge < -0.3 is 0 Å². The standard InChI is InChI=1S/C12H19BrN2O4S2/c1-10(2)15(20(3,16)17)9-8-14-21(18,19)12-6-4-11(13)5-7-12/h4-7,10,14H,8-9H2,1-3H3. The number of nitrogens with one attached hydrogen (secondary N) is 1. The summed E-state index contributed by atoms with van der Waals surface area (Å²) in [6.45, 7) is 3.59. The van der Waals surface area contributed by atoms with Crippen molar-refractivity contribution in [3.05, 3.63) is 28.7 Å². The van der Waals surface area contributed by atoms with Crippen LogP contribution in [0.5, 0.6) is 0 Å². The van der Waals surface area contributed by atoms with Gasteiger partial charge in [0.05, 0.1) is 11.2 Å². The molecule has 1 rings (SSSR count). The Kier molecular flexibility index (Phi) is 6.36. The third-order valence-corrected chi connectivity index (χ3v) is 6.21. The fraction of sp³-hybridized carbons (Fsp3) is 0.500. The third-order valence-electron chi connectivity index (χ3n) is 2.75. The number of hydrogen-bond donors (Lipinski definition) is 1. The molecule has 120 valence electrons. The number of halogens is 1. The Morgan fingerprint density at radius 1 is 1.14 bits per heavy atom. The topological polar surface area (TPSA) is 83.6 Å². The SMILES string of the molecule is CC(C)N(CCNS(=O)(=O)c1ccc(Br)cc1)S(C)(=O)=O. The van der Waals surface area contributed by atoms with Crippen LogP contribution in [-0.2, 0) is 20.0 Å². The van der Waals surface area contributed by atoms with Crippen LogP contribution in [0.2, 0.25) is 0 Å². The second-order valence-corrected chi connectivity index (χ2v) is 9.44. The lowest BCUT2D eigenvalue weighted by atomic mass is 10.4. The van der Waals surface area contributed by atoms with Gasteiger partial charge in [0.25, 0.3) is 0 Å². The van der Waals surface area contributed by atoms with Crippen LogP contribution in [0.3, 0.4) is 0 Å². The maximum absolute atomic E-state index is 12.1. The fourth-order valence-electron chi connectivity index (χ4n) is 1.79. The van der Waals surface area contributed by atoms with Crippen LogP contribution in [0, 0.1) is 0 Å². The van der Waals surface area contributed by atoms with Gasteiger partial charge >= 0.3 is 0 Å². The van der Waals surface area contributed by atoms with Crippen molar-refractivity contribution in [2.45, 2.75) is 24.8 Å². The van der Waals surface area contributed by atoms with Gasteiger partial charge in [-0.2, -0.15) is 4.31 Å². The molecule has 0 aliphatic rings. The summed E-state index contributed by atoms with van der Waals surface area (Å²) in [5, 5.41) is 0. The first-order valence-electron chi connectivity index (χ1n) is 6.26. The van der Waals surface area contributed by atoms with Crippen LogP contribution in [0.25, 0.3) is 0 Å². The number of benzene rings is 1. The Balaban J connectivity index is 2.72. The summed E-state index contributed by atoms with van der Waals surface area (Å²) in [4.78, 5) is 0.140. The third kappa shape index (κ3) is 5.67. The average Bonchev–Trinajstić information content (AvgIpc) is 2.33. The highest BCUT2D eigenvalue weighted by atomic mass is 79.9. The Morgan fingerprint density at radius 2 is 1.67 bits per heavy atom. The maximum Gasteiger partial charge on any atom is 0.240 e. The van der Waals surface area contributed by atoms with Gasteiger partial charge in [0, 0.05) is 23.6 Å². The first-order chi connectivity index (χ1) is 9.54. The Hall–Kier alpha value is -0.480. The highest BCUT2D eigenvalue weighted by Gasteiger charge is 2.21. The molecule has 0 aliphatic carbocycles. The molecule has 1 aromatic carbocycles. The minimum atomic E-state index is -3.64. The summed E-state index contributed by atoms with van der Waals surface area (Å²) in [6.07, 6.45) is 1.11. The lowest BCUT2D eigenvalue weighted by Gasteiger charge is -2.23. The van der Waals surface area contributed by atoms with Gasteiger partial charge in [-0.3, -0.25) is 0 Å². The van der Waals surface area contributed by atoms with Crippen LogP contribution in [0.1, 0.15) is 13.8 Å². The fourth-order valence-corrected chi connectivity index (χ4v) is 4.27.